The van der Waals surface area contributed by atoms with Crippen molar-refractivity contribution in [1.82, 2.24) is 5.32 Å². The van der Waals surface area contributed by atoms with Gasteiger partial charge in [-0.2, -0.15) is 13.2 Å². The molecular formula is C28H33ClF3NO4S. The number of halogens is 4. The van der Waals surface area contributed by atoms with E-state index in [9.17, 15) is 27.9 Å². The average Bonchev–Trinajstić information content (AvgIpc) is 2.78. The SMILES string of the molecule is C=CCC(CCC(CC)c1ccc(Sc2cccc(C(F)(F)F)c2)cc1Cl)(NC(=O)OC(C)(C)C)C(=O)O. The van der Waals surface area contributed by atoms with Gasteiger partial charge in [0.05, 0.1) is 5.56 Å². The molecule has 2 unspecified atom stereocenters. The van der Waals surface area contributed by atoms with E-state index in [-0.39, 0.29) is 18.8 Å². The van der Waals surface area contributed by atoms with Crippen LogP contribution in [0.5, 0.6) is 0 Å². The van der Waals surface area contributed by atoms with Crippen molar-refractivity contribution in [3.63, 3.8) is 0 Å². The first kappa shape index (κ1) is 31.6. The van der Waals surface area contributed by atoms with Crippen LogP contribution in [0.1, 0.15) is 70.4 Å². The number of amides is 1. The smallest absolute Gasteiger partial charge is 0.416 e. The van der Waals surface area contributed by atoms with Gasteiger partial charge in [-0.25, -0.2) is 9.59 Å². The monoisotopic (exact) mass is 571 g/mol. The number of carboxylic acids is 1. The zero-order chi connectivity index (χ0) is 28.7. The molecule has 2 aromatic rings. The molecule has 0 spiro atoms. The minimum absolute atomic E-state index is 0.00168. The van der Waals surface area contributed by atoms with Gasteiger partial charge in [0, 0.05) is 14.8 Å². The van der Waals surface area contributed by atoms with Gasteiger partial charge < -0.3 is 15.2 Å². The third-order valence-electron chi connectivity index (χ3n) is 5.86. The summed E-state index contributed by atoms with van der Waals surface area (Å²) in [5.41, 5.74) is -2.34. The van der Waals surface area contributed by atoms with E-state index in [2.05, 4.69) is 11.9 Å². The Morgan fingerprint density at radius 2 is 1.82 bits per heavy atom. The van der Waals surface area contributed by atoms with Gasteiger partial charge in [0.15, 0.2) is 0 Å². The summed E-state index contributed by atoms with van der Waals surface area (Å²) in [4.78, 5) is 25.8. The topological polar surface area (TPSA) is 75.6 Å². The predicted molar refractivity (Wildman–Crippen MR) is 144 cm³/mol. The zero-order valence-electron chi connectivity index (χ0n) is 21.8. The van der Waals surface area contributed by atoms with Crippen molar-refractivity contribution in [2.45, 2.75) is 86.4 Å². The van der Waals surface area contributed by atoms with Crippen LogP contribution in [-0.2, 0) is 15.7 Å². The molecule has 0 aliphatic carbocycles. The van der Waals surface area contributed by atoms with E-state index in [1.807, 2.05) is 13.0 Å². The van der Waals surface area contributed by atoms with E-state index in [0.29, 0.717) is 27.7 Å². The van der Waals surface area contributed by atoms with E-state index >= 15 is 0 Å². The van der Waals surface area contributed by atoms with Crippen LogP contribution in [-0.4, -0.2) is 28.3 Å². The number of hydrogen-bond donors (Lipinski definition) is 2. The first-order valence-electron chi connectivity index (χ1n) is 12.1. The highest BCUT2D eigenvalue weighted by Gasteiger charge is 2.40. The molecule has 0 aliphatic rings. The van der Waals surface area contributed by atoms with Crippen LogP contribution in [0.15, 0.2) is 64.9 Å². The molecule has 38 heavy (non-hydrogen) atoms. The molecule has 0 fully saturated rings. The van der Waals surface area contributed by atoms with Crippen molar-refractivity contribution in [3.8, 4) is 0 Å². The minimum Gasteiger partial charge on any atom is -0.479 e. The lowest BCUT2D eigenvalue weighted by atomic mass is 9.83. The highest BCUT2D eigenvalue weighted by molar-refractivity contribution is 7.99. The van der Waals surface area contributed by atoms with Gasteiger partial charge >= 0.3 is 18.2 Å². The molecule has 0 radical (unpaired) electrons. The number of carbonyl (C=O) groups is 2. The van der Waals surface area contributed by atoms with Crippen LogP contribution >= 0.6 is 23.4 Å². The van der Waals surface area contributed by atoms with Crippen LogP contribution in [0.3, 0.4) is 0 Å². The summed E-state index contributed by atoms with van der Waals surface area (Å²) >= 11 is 7.75. The minimum atomic E-state index is -4.43. The molecule has 2 rings (SSSR count). The fourth-order valence-corrected chi connectivity index (χ4v) is 5.30. The predicted octanol–water partition coefficient (Wildman–Crippen LogP) is 8.71. The van der Waals surface area contributed by atoms with Gasteiger partial charge in [0.25, 0.3) is 0 Å². The Bertz CT molecular complexity index is 1150. The molecule has 0 saturated carbocycles. The van der Waals surface area contributed by atoms with Gasteiger partial charge in [0.1, 0.15) is 11.1 Å². The third kappa shape index (κ3) is 8.98. The molecule has 2 atom stereocenters. The van der Waals surface area contributed by atoms with Crippen molar-refractivity contribution in [2.24, 2.45) is 0 Å². The molecule has 0 aromatic heterocycles. The maximum Gasteiger partial charge on any atom is 0.416 e. The molecule has 0 aliphatic heterocycles. The Labute approximate surface area is 230 Å². The van der Waals surface area contributed by atoms with Crippen LogP contribution in [0, 0.1) is 0 Å². The van der Waals surface area contributed by atoms with Crippen LogP contribution < -0.4 is 5.32 Å². The summed E-state index contributed by atoms with van der Waals surface area (Å²) in [5.74, 6) is -1.32. The maximum absolute atomic E-state index is 13.0. The highest BCUT2D eigenvalue weighted by atomic mass is 35.5. The van der Waals surface area contributed by atoms with Crippen molar-refractivity contribution in [2.75, 3.05) is 0 Å². The quantitative estimate of drug-likeness (QED) is 0.264. The number of nitrogens with one attached hydrogen (secondary N) is 1. The van der Waals surface area contributed by atoms with Gasteiger partial charge in [-0.05, 0) is 88.3 Å². The van der Waals surface area contributed by atoms with E-state index < -0.39 is 34.9 Å². The molecule has 0 saturated heterocycles. The van der Waals surface area contributed by atoms with Gasteiger partial charge in [-0.3, -0.25) is 0 Å². The van der Waals surface area contributed by atoms with Crippen LogP contribution in [0.2, 0.25) is 5.02 Å². The number of carboxylic acid groups (broad SMARTS) is 1. The van der Waals surface area contributed by atoms with Crippen molar-refractivity contribution >= 4 is 35.4 Å². The Morgan fingerprint density at radius 1 is 1.16 bits per heavy atom. The fraction of sp³-hybridized carbons (Fsp3) is 0.429. The summed E-state index contributed by atoms with van der Waals surface area (Å²) in [5, 5.41) is 13.0. The molecule has 2 N–H and O–H groups in total. The highest BCUT2D eigenvalue weighted by Crippen LogP contribution is 2.39. The van der Waals surface area contributed by atoms with Crippen molar-refractivity contribution < 1.29 is 32.6 Å². The summed E-state index contributed by atoms with van der Waals surface area (Å²) < 4.78 is 44.4. The van der Waals surface area contributed by atoms with E-state index in [0.717, 1.165) is 29.5 Å². The second kappa shape index (κ2) is 12.9. The van der Waals surface area contributed by atoms with Crippen molar-refractivity contribution in [3.05, 3.63) is 71.3 Å². The molecule has 2 aromatic carbocycles. The summed E-state index contributed by atoms with van der Waals surface area (Å²) in [6, 6.07) is 10.3. The van der Waals surface area contributed by atoms with Crippen LogP contribution in [0.25, 0.3) is 0 Å². The van der Waals surface area contributed by atoms with Crippen LogP contribution in [0.4, 0.5) is 18.0 Å². The molecule has 5 nitrogen and oxygen atoms in total. The number of alkyl carbamates (subject to hydrolysis) is 1. The largest absolute Gasteiger partial charge is 0.479 e. The lowest BCUT2D eigenvalue weighted by molar-refractivity contribution is -0.145. The summed E-state index contributed by atoms with van der Waals surface area (Å²) in [6.07, 6.45) is -2.67. The van der Waals surface area contributed by atoms with Gasteiger partial charge in [-0.1, -0.05) is 48.5 Å². The molecule has 10 heteroatoms. The molecule has 208 valence electrons. The van der Waals surface area contributed by atoms with Crippen molar-refractivity contribution in [1.29, 1.82) is 0 Å². The zero-order valence-corrected chi connectivity index (χ0v) is 23.4. The Kier molecular flexibility index (Phi) is 10.7. The third-order valence-corrected chi connectivity index (χ3v) is 7.17. The number of aliphatic carboxylic acids is 1. The van der Waals surface area contributed by atoms with Gasteiger partial charge in [0.2, 0.25) is 0 Å². The Morgan fingerprint density at radius 3 is 2.34 bits per heavy atom. The second-order valence-corrected chi connectivity index (χ2v) is 11.5. The number of hydrogen-bond acceptors (Lipinski definition) is 4. The van der Waals surface area contributed by atoms with E-state index in [1.165, 1.54) is 12.1 Å². The molecular weight excluding hydrogens is 539 g/mol. The number of alkyl halides is 3. The molecule has 0 heterocycles. The summed E-state index contributed by atoms with van der Waals surface area (Å²) in [6.45, 7) is 10.7. The normalized spacial score (nSPS) is 14.3. The number of benzene rings is 2. The number of rotatable bonds is 11. The summed E-state index contributed by atoms with van der Waals surface area (Å²) in [7, 11) is 0. The molecule has 1 amide bonds. The lowest BCUT2D eigenvalue weighted by Crippen LogP contribution is -2.55. The fourth-order valence-electron chi connectivity index (χ4n) is 3.98. The first-order valence-corrected chi connectivity index (χ1v) is 13.3. The first-order chi connectivity index (χ1) is 17.6. The lowest BCUT2D eigenvalue weighted by Gasteiger charge is -2.32. The second-order valence-electron chi connectivity index (χ2n) is 9.96. The van der Waals surface area contributed by atoms with E-state index in [1.54, 1.807) is 39.0 Å². The standard InChI is InChI=1S/C28H33ClF3NO4S/c1-6-14-27(24(34)35,33-25(36)37-26(3,4)5)15-13-18(7-2)22-12-11-21(17-23(22)29)38-20-10-8-9-19(16-20)28(30,31)32/h6,8-12,16-18H,1,7,13-15H2,2-5H3,(H,33,36)(H,34,35). The Hall–Kier alpha value is -2.65. The Balaban J connectivity index is 2.23. The van der Waals surface area contributed by atoms with E-state index in [4.69, 9.17) is 16.3 Å². The van der Waals surface area contributed by atoms with Gasteiger partial charge in [-0.15, -0.1) is 6.58 Å². The molecule has 0 bridgehead atoms. The number of carbonyl (C=O) groups excluding carboxylic acids is 1. The average molecular weight is 572 g/mol. The maximum atomic E-state index is 13.0. The number of ether oxygens (including phenoxy) is 1.